The largest absolute Gasteiger partial charge is 0.492 e. The monoisotopic (exact) mass is 685 g/mol. The van der Waals surface area contributed by atoms with Gasteiger partial charge in [-0.15, -0.1) is 0 Å². The summed E-state index contributed by atoms with van der Waals surface area (Å²) in [4.78, 5) is 39.5. The van der Waals surface area contributed by atoms with Gasteiger partial charge in [0.2, 0.25) is 11.8 Å². The van der Waals surface area contributed by atoms with Gasteiger partial charge in [-0.1, -0.05) is 24.4 Å². The molecule has 0 bridgehead atoms. The highest BCUT2D eigenvalue weighted by Crippen LogP contribution is 2.38. The van der Waals surface area contributed by atoms with E-state index in [1.807, 2.05) is 0 Å². The molecule has 0 aliphatic carbocycles. The van der Waals surface area contributed by atoms with Crippen LogP contribution in [-0.2, 0) is 16.0 Å². The van der Waals surface area contributed by atoms with Crippen molar-refractivity contribution in [2.24, 2.45) is 0 Å². The first-order chi connectivity index (χ1) is 22.5. The quantitative estimate of drug-likeness (QED) is 0.0647. The maximum Gasteiger partial charge on any atom is 0.255 e. The molecule has 14 nitrogen and oxygen atoms in total. The molecule has 0 unspecified atom stereocenters. The first-order valence-electron chi connectivity index (χ1n) is 16.6. The van der Waals surface area contributed by atoms with Gasteiger partial charge in [-0.25, -0.2) is 0 Å². The number of fused-ring (bicyclic) bond motifs is 1. The number of nitrogen functional groups attached to an aromatic ring is 1. The third kappa shape index (κ3) is 12.3. The summed E-state index contributed by atoms with van der Waals surface area (Å²) in [5.41, 5.74) is 7.78. The number of unbranched alkanes of at least 4 members (excludes halogenated alkanes) is 4. The molecule has 266 valence electrons. The van der Waals surface area contributed by atoms with Crippen molar-refractivity contribution in [3.8, 4) is 5.75 Å². The fourth-order valence-electron chi connectivity index (χ4n) is 5.79. The molecular formula is C32H52ClN5O9. The van der Waals surface area contributed by atoms with E-state index >= 15 is 0 Å². The highest BCUT2D eigenvalue weighted by atomic mass is 35.5. The molecule has 10 N–H and O–H groups in total. The third-order valence-electron chi connectivity index (χ3n) is 8.75. The number of piperidine rings is 1. The van der Waals surface area contributed by atoms with Gasteiger partial charge in [-0.2, -0.15) is 0 Å². The summed E-state index contributed by atoms with van der Waals surface area (Å²) in [7, 11) is 0. The van der Waals surface area contributed by atoms with Crippen molar-refractivity contribution in [1.29, 1.82) is 0 Å². The zero-order valence-electron chi connectivity index (χ0n) is 27.0. The molecule has 0 radical (unpaired) electrons. The number of amides is 3. The average Bonchev–Trinajstić information content (AvgIpc) is 3.56. The second kappa shape index (κ2) is 19.9. The van der Waals surface area contributed by atoms with Crippen LogP contribution in [0.2, 0.25) is 5.02 Å². The van der Waals surface area contributed by atoms with E-state index < -0.39 is 31.0 Å². The minimum atomic E-state index is -1.74. The summed E-state index contributed by atoms with van der Waals surface area (Å²) in [6, 6.07) is 1.68. The molecule has 0 spiro atoms. The number of aliphatic hydroxyl groups excluding tert-OH is 5. The number of nitrogens with two attached hydrogens (primary N) is 1. The Morgan fingerprint density at radius 2 is 1.57 bits per heavy atom. The van der Waals surface area contributed by atoms with Gasteiger partial charge < -0.3 is 56.9 Å². The highest BCUT2D eigenvalue weighted by molar-refractivity contribution is 6.33. The van der Waals surface area contributed by atoms with E-state index in [2.05, 4.69) is 20.9 Å². The first kappa shape index (κ1) is 38.7. The fourth-order valence-corrected chi connectivity index (χ4v) is 6.02. The van der Waals surface area contributed by atoms with Crippen LogP contribution in [0, 0.1) is 0 Å². The maximum absolute atomic E-state index is 13.0. The lowest BCUT2D eigenvalue weighted by atomic mass is 10.0. The van der Waals surface area contributed by atoms with Crippen LogP contribution in [0.4, 0.5) is 5.69 Å². The van der Waals surface area contributed by atoms with Crippen molar-refractivity contribution in [2.45, 2.75) is 101 Å². The van der Waals surface area contributed by atoms with Crippen LogP contribution in [0.15, 0.2) is 6.07 Å². The van der Waals surface area contributed by atoms with Crippen LogP contribution in [0.25, 0.3) is 0 Å². The molecule has 2 heterocycles. The summed E-state index contributed by atoms with van der Waals surface area (Å²) in [5.74, 6) is 0.0483. The number of halogens is 1. The molecule has 0 saturated carbocycles. The minimum Gasteiger partial charge on any atom is -0.492 e. The molecule has 1 aromatic carbocycles. The van der Waals surface area contributed by atoms with Gasteiger partial charge in [-0.3, -0.25) is 14.4 Å². The highest BCUT2D eigenvalue weighted by Gasteiger charge is 2.30. The van der Waals surface area contributed by atoms with Crippen molar-refractivity contribution in [1.82, 2.24) is 20.9 Å². The lowest BCUT2D eigenvalue weighted by Gasteiger charge is -2.32. The molecule has 2 aliphatic heterocycles. The van der Waals surface area contributed by atoms with Crippen LogP contribution >= 0.6 is 11.6 Å². The SMILES string of the molecule is Nc1c(Cl)cc(C(=O)NC2CCN(CCCCCC(=O)NCCCCCC(=O)NC[C@H](O)[C@@H](O)[C@H](O)[C@H](O)CO)CC2)c2c1CCO2. The van der Waals surface area contributed by atoms with Crippen molar-refractivity contribution < 1.29 is 44.7 Å². The lowest BCUT2D eigenvalue weighted by Crippen LogP contribution is -2.49. The maximum atomic E-state index is 13.0. The number of hydrogen-bond donors (Lipinski definition) is 9. The Bertz CT molecular complexity index is 1170. The zero-order chi connectivity index (χ0) is 34.3. The van der Waals surface area contributed by atoms with Crippen molar-refractivity contribution in [3.63, 3.8) is 0 Å². The molecule has 1 fully saturated rings. The topological polar surface area (TPSA) is 227 Å². The Kier molecular flexibility index (Phi) is 16.4. The normalized spacial score (nSPS) is 17.7. The van der Waals surface area contributed by atoms with Crippen LogP contribution in [-0.4, -0.2) is 125 Å². The smallest absolute Gasteiger partial charge is 0.255 e. The Balaban J connectivity index is 1.16. The first-order valence-corrected chi connectivity index (χ1v) is 17.0. The van der Waals surface area contributed by atoms with E-state index in [0.717, 1.165) is 70.1 Å². The number of rotatable bonds is 20. The third-order valence-corrected chi connectivity index (χ3v) is 9.07. The van der Waals surface area contributed by atoms with E-state index in [9.17, 15) is 34.8 Å². The van der Waals surface area contributed by atoms with Gasteiger partial charge in [0.25, 0.3) is 5.91 Å². The molecule has 3 amide bonds. The van der Waals surface area contributed by atoms with Gasteiger partial charge >= 0.3 is 0 Å². The van der Waals surface area contributed by atoms with E-state index in [-0.39, 0.29) is 36.7 Å². The molecule has 15 heteroatoms. The summed E-state index contributed by atoms with van der Waals surface area (Å²) < 4.78 is 5.67. The number of nitrogens with zero attached hydrogens (tertiary/aromatic N) is 1. The average molecular weight is 686 g/mol. The molecule has 47 heavy (non-hydrogen) atoms. The minimum absolute atomic E-state index is 0.0128. The number of carbonyl (C=O) groups is 3. The van der Waals surface area contributed by atoms with Gasteiger partial charge in [0.15, 0.2) is 0 Å². The number of anilines is 1. The second-order valence-corrected chi connectivity index (χ2v) is 12.8. The fraction of sp³-hybridized carbons (Fsp3) is 0.719. The zero-order valence-corrected chi connectivity index (χ0v) is 27.7. The molecular weight excluding hydrogens is 634 g/mol. The lowest BCUT2D eigenvalue weighted by molar-refractivity contribution is -0.126. The van der Waals surface area contributed by atoms with E-state index in [4.69, 9.17) is 27.2 Å². The van der Waals surface area contributed by atoms with Crippen LogP contribution in [0.3, 0.4) is 0 Å². The Labute approximate surface area is 281 Å². The molecule has 2 aliphatic rings. The second-order valence-electron chi connectivity index (χ2n) is 12.4. The van der Waals surface area contributed by atoms with Crippen LogP contribution < -0.4 is 26.4 Å². The predicted octanol–water partition coefficient (Wildman–Crippen LogP) is -0.160. The number of ether oxygens (including phenoxy) is 1. The van der Waals surface area contributed by atoms with Gasteiger partial charge in [0.05, 0.1) is 35.6 Å². The number of benzene rings is 1. The van der Waals surface area contributed by atoms with Gasteiger partial charge in [0.1, 0.15) is 24.1 Å². The van der Waals surface area contributed by atoms with Crippen LogP contribution in [0.5, 0.6) is 5.75 Å². The summed E-state index contributed by atoms with van der Waals surface area (Å²) in [5, 5.41) is 56.2. The molecule has 4 atom stereocenters. The summed E-state index contributed by atoms with van der Waals surface area (Å²) in [6.07, 6.45) is 1.31. The number of likely N-dealkylation sites (tertiary alicyclic amines) is 1. The van der Waals surface area contributed by atoms with Crippen molar-refractivity contribution in [3.05, 3.63) is 22.2 Å². The Morgan fingerprint density at radius 3 is 2.26 bits per heavy atom. The number of hydrogen-bond acceptors (Lipinski definition) is 11. The number of aliphatic hydroxyl groups is 5. The molecule has 1 saturated heterocycles. The number of carbonyl (C=O) groups excluding carboxylic acids is 3. The standard InChI is InChI=1S/C32H52ClN5O9/c33-23-17-22(31-21(28(23)34)11-16-47-31)32(46)37-20-9-14-38(15-10-20)13-6-2-4-7-26(42)35-12-5-1-3-8-27(43)36-18-24(40)29(44)30(45)25(41)19-39/h17,20,24-25,29-30,39-41,44-45H,1-16,18-19,34H2,(H,35,42)(H,36,43)(H,37,46)/t24-,25+,29+,30+/m0/s1. The number of nitrogens with one attached hydrogen (secondary N) is 3. The van der Waals surface area contributed by atoms with E-state index in [0.29, 0.717) is 54.4 Å². The molecule has 0 aromatic heterocycles. The van der Waals surface area contributed by atoms with Gasteiger partial charge in [-0.05, 0) is 51.1 Å². The Hall–Kier alpha value is -2.72. The predicted molar refractivity (Wildman–Crippen MR) is 176 cm³/mol. The molecule has 3 rings (SSSR count). The summed E-state index contributed by atoms with van der Waals surface area (Å²) >= 11 is 6.25. The summed E-state index contributed by atoms with van der Waals surface area (Å²) in [6.45, 7) is 2.70. The van der Waals surface area contributed by atoms with Gasteiger partial charge in [0, 0.05) is 57.0 Å². The van der Waals surface area contributed by atoms with Crippen molar-refractivity contribution in [2.75, 3.05) is 51.7 Å². The van der Waals surface area contributed by atoms with E-state index in [1.54, 1.807) is 6.07 Å². The van der Waals surface area contributed by atoms with Crippen molar-refractivity contribution >= 4 is 35.0 Å². The Morgan fingerprint density at radius 1 is 0.936 bits per heavy atom. The van der Waals surface area contributed by atoms with E-state index in [1.165, 1.54) is 0 Å². The molecule has 1 aromatic rings. The van der Waals surface area contributed by atoms with Crippen LogP contribution in [0.1, 0.15) is 80.1 Å².